The molecule has 0 radical (unpaired) electrons. The Balaban J connectivity index is 2.02. The standard InChI is InChI=1S/C51H63N5O24/c1-22-39(48-53-55(24(3)57)50(79-48)46(77-34(13)67)44(75-32(11)65)42(73-30(9)63)37(71-28(7)61)20-69-26(5)59)41(36-18-16-15-17-19-36)40(23(2)52-22)49-54-56(25(4)58)51(80-49)47(78-35(14)68)45(76-33(12)66)43(74-31(10)64)38(72-29(8)62)21-70-27(6)60/h15-19,37-38,41-47,50-51,53H,20-21H2,1-14H3/b48-39+/t37-,38-,41?,42-,43-,44+,45+,46-,47-,50?,51?/m1/s1. The summed E-state index contributed by atoms with van der Waals surface area (Å²) in [5.41, 5.74) is 3.84. The van der Waals surface area contributed by atoms with E-state index in [1.807, 2.05) is 0 Å². The first-order valence-corrected chi connectivity index (χ1v) is 24.4. The smallest absolute Gasteiger partial charge is 0.303 e. The van der Waals surface area contributed by atoms with E-state index in [4.69, 9.17) is 61.8 Å². The van der Waals surface area contributed by atoms with Gasteiger partial charge >= 0.3 is 59.7 Å². The molecule has 1 fully saturated rings. The molecule has 11 atom stereocenters. The molecule has 1 aromatic carbocycles. The first-order chi connectivity index (χ1) is 37.4. The zero-order valence-corrected chi connectivity index (χ0v) is 46.2. The minimum atomic E-state index is -2.04. The van der Waals surface area contributed by atoms with Crippen molar-refractivity contribution >= 4 is 83.1 Å². The molecule has 3 aliphatic rings. The summed E-state index contributed by atoms with van der Waals surface area (Å²) >= 11 is 0. The normalized spacial score (nSPS) is 20.5. The molecule has 1 saturated heterocycles. The number of hydrazone groups is 1. The molecule has 2 amide bonds. The van der Waals surface area contributed by atoms with Gasteiger partial charge in [-0.2, -0.15) is 5.01 Å². The van der Waals surface area contributed by atoms with Gasteiger partial charge in [0.05, 0.1) is 0 Å². The number of rotatable bonds is 22. The molecule has 1 aromatic rings. The number of carbonyl (C=O) groups is 12. The Morgan fingerprint density at radius 1 is 0.500 bits per heavy atom. The maximum atomic E-state index is 13.8. The fourth-order valence-electron chi connectivity index (χ4n) is 8.66. The lowest BCUT2D eigenvalue weighted by atomic mass is 9.79. The van der Waals surface area contributed by atoms with E-state index in [-0.39, 0.29) is 28.4 Å². The Morgan fingerprint density at radius 3 is 1.30 bits per heavy atom. The molecule has 436 valence electrons. The van der Waals surface area contributed by atoms with E-state index in [0.717, 1.165) is 93.1 Å². The molecule has 4 rings (SSSR count). The highest BCUT2D eigenvalue weighted by atomic mass is 16.7. The number of aliphatic imine (C=N–C) groups is 1. The van der Waals surface area contributed by atoms with Crippen LogP contribution in [-0.4, -0.2) is 168 Å². The summed E-state index contributed by atoms with van der Waals surface area (Å²) in [6.07, 6.45) is -19.3. The lowest BCUT2D eigenvalue weighted by Gasteiger charge is -2.38. The van der Waals surface area contributed by atoms with Crippen LogP contribution in [0.25, 0.3) is 0 Å². The van der Waals surface area contributed by atoms with E-state index in [2.05, 4.69) is 10.5 Å². The summed E-state index contributed by atoms with van der Waals surface area (Å²) < 4.78 is 68.1. The third-order valence-electron chi connectivity index (χ3n) is 11.3. The lowest BCUT2D eigenvalue weighted by molar-refractivity contribution is -0.216. The van der Waals surface area contributed by atoms with Gasteiger partial charge in [-0.15, -0.1) is 5.10 Å². The van der Waals surface area contributed by atoms with E-state index < -0.39 is 158 Å². The molecule has 29 heteroatoms. The SMILES string of the molecule is CC(=O)OC[C@@H](OC(C)=O)[C@@H](OC(C)=O)[C@H](OC(C)=O)[C@@H](OC(C)=O)C1OC(C2=C(C)N=C(C)/C(=C3/NN(C(C)=O)C([C@H](OC(C)=O)[C@@H](OC(C)=O)[C@H](OC(C)=O)[C@@H](COC(C)=O)OC(C)=O)O3)C2c2ccccc2)=NN1C(C)=O. The molecule has 0 spiro atoms. The Morgan fingerprint density at radius 2 is 0.912 bits per heavy atom. The first kappa shape index (κ1) is 63.6. The second kappa shape index (κ2) is 28.1. The van der Waals surface area contributed by atoms with Gasteiger partial charge in [-0.05, 0) is 19.4 Å². The first-order valence-electron chi connectivity index (χ1n) is 24.4. The molecule has 80 heavy (non-hydrogen) atoms. The van der Waals surface area contributed by atoms with Gasteiger partial charge in [0.15, 0.2) is 48.8 Å². The Hall–Kier alpha value is -8.92. The maximum Gasteiger partial charge on any atom is 0.303 e. The van der Waals surface area contributed by atoms with Crippen molar-refractivity contribution in [3.8, 4) is 0 Å². The summed E-state index contributed by atoms with van der Waals surface area (Å²) in [5.74, 6) is -13.6. The number of amides is 2. The summed E-state index contributed by atoms with van der Waals surface area (Å²) in [4.78, 5) is 159. The Bertz CT molecular complexity index is 2740. The number of allylic oxidation sites excluding steroid dienone is 2. The van der Waals surface area contributed by atoms with Crippen molar-refractivity contribution in [3.05, 3.63) is 58.6 Å². The molecule has 3 aliphatic heterocycles. The van der Waals surface area contributed by atoms with Gasteiger partial charge in [0.25, 0.3) is 0 Å². The van der Waals surface area contributed by atoms with Crippen LogP contribution in [0, 0.1) is 0 Å². The van der Waals surface area contributed by atoms with Crippen LogP contribution in [0.1, 0.15) is 108 Å². The Kier molecular flexibility index (Phi) is 22.3. The van der Waals surface area contributed by atoms with Crippen molar-refractivity contribution in [2.24, 2.45) is 10.1 Å². The van der Waals surface area contributed by atoms with Crippen LogP contribution in [0.3, 0.4) is 0 Å². The lowest BCUT2D eigenvalue weighted by Crippen LogP contribution is -2.59. The van der Waals surface area contributed by atoms with Gasteiger partial charge < -0.3 is 56.8 Å². The second-order valence-corrected chi connectivity index (χ2v) is 17.9. The third kappa shape index (κ3) is 17.0. The zero-order chi connectivity index (χ0) is 60.0. The fourth-order valence-corrected chi connectivity index (χ4v) is 8.66. The Labute approximate surface area is 458 Å². The van der Waals surface area contributed by atoms with Crippen molar-refractivity contribution in [3.63, 3.8) is 0 Å². The molecule has 0 bridgehead atoms. The largest absolute Gasteiger partial charge is 0.462 e. The highest BCUT2D eigenvalue weighted by molar-refractivity contribution is 6.08. The molecule has 3 unspecified atom stereocenters. The third-order valence-corrected chi connectivity index (χ3v) is 11.3. The highest BCUT2D eigenvalue weighted by Gasteiger charge is 2.55. The van der Waals surface area contributed by atoms with Crippen LogP contribution in [0.5, 0.6) is 0 Å². The van der Waals surface area contributed by atoms with Crippen molar-refractivity contribution < 1.29 is 114 Å². The zero-order valence-electron chi connectivity index (χ0n) is 46.2. The molecular weight excluding hydrogens is 1070 g/mol. The number of hydrogen-bond donors (Lipinski definition) is 1. The van der Waals surface area contributed by atoms with Crippen LogP contribution in [0.2, 0.25) is 0 Å². The van der Waals surface area contributed by atoms with E-state index in [9.17, 15) is 57.5 Å². The summed E-state index contributed by atoms with van der Waals surface area (Å²) in [6.45, 7) is 13.4. The molecule has 29 nitrogen and oxygen atoms in total. The predicted octanol–water partition coefficient (Wildman–Crippen LogP) is 1.54. The predicted molar refractivity (Wildman–Crippen MR) is 265 cm³/mol. The maximum absolute atomic E-state index is 13.8. The van der Waals surface area contributed by atoms with Crippen LogP contribution in [0.15, 0.2) is 63.2 Å². The molecular formula is C51H63N5O24. The second-order valence-electron chi connectivity index (χ2n) is 17.9. The topological polar surface area (TPSA) is 359 Å². The van der Waals surface area contributed by atoms with Crippen LogP contribution < -0.4 is 5.43 Å². The summed E-state index contributed by atoms with van der Waals surface area (Å²) in [7, 11) is 0. The number of nitrogens with zero attached hydrogens (tertiary/aromatic N) is 4. The number of hydrazine groups is 1. The van der Waals surface area contributed by atoms with E-state index >= 15 is 0 Å². The summed E-state index contributed by atoms with van der Waals surface area (Å²) in [5, 5.41) is 6.10. The molecule has 0 aromatic heterocycles. The number of esters is 10. The molecule has 0 aliphatic carbocycles. The van der Waals surface area contributed by atoms with Gasteiger partial charge in [0.2, 0.25) is 36.1 Å². The van der Waals surface area contributed by atoms with E-state index in [1.54, 1.807) is 44.2 Å². The van der Waals surface area contributed by atoms with Crippen molar-refractivity contribution in [1.29, 1.82) is 0 Å². The average Bonchev–Trinajstić information content (AvgIpc) is 4.04. The monoisotopic (exact) mass is 1130 g/mol. The van der Waals surface area contributed by atoms with Crippen LogP contribution >= 0.6 is 0 Å². The average molecular weight is 1130 g/mol. The van der Waals surface area contributed by atoms with Crippen molar-refractivity contribution in [1.82, 2.24) is 15.4 Å². The van der Waals surface area contributed by atoms with E-state index in [0.29, 0.717) is 5.56 Å². The van der Waals surface area contributed by atoms with E-state index in [1.165, 1.54) is 0 Å². The van der Waals surface area contributed by atoms with Gasteiger partial charge in [-0.1, -0.05) is 30.3 Å². The van der Waals surface area contributed by atoms with Gasteiger partial charge in [0, 0.05) is 112 Å². The van der Waals surface area contributed by atoms with Crippen LogP contribution in [-0.2, 0) is 114 Å². The van der Waals surface area contributed by atoms with Gasteiger partial charge in [-0.25, -0.2) is 5.01 Å². The molecule has 0 saturated carbocycles. The highest BCUT2D eigenvalue weighted by Crippen LogP contribution is 2.44. The van der Waals surface area contributed by atoms with Gasteiger partial charge in [0.1, 0.15) is 13.2 Å². The quantitative estimate of drug-likeness (QED) is 0.127. The number of ether oxygens (including phenoxy) is 12. The number of benzene rings is 1. The van der Waals surface area contributed by atoms with Crippen molar-refractivity contribution in [2.45, 2.75) is 164 Å². The number of nitrogens with one attached hydrogen (secondary N) is 1. The summed E-state index contributed by atoms with van der Waals surface area (Å²) in [6, 6.07) is 8.36. The van der Waals surface area contributed by atoms with Crippen molar-refractivity contribution in [2.75, 3.05) is 13.2 Å². The minimum Gasteiger partial charge on any atom is -0.462 e. The minimum absolute atomic E-state index is 0.0648. The van der Waals surface area contributed by atoms with Crippen LogP contribution in [0.4, 0.5) is 0 Å². The molecule has 3 heterocycles. The number of carbonyl (C=O) groups excluding carboxylic acids is 12. The molecule has 1 N–H and O–H groups in total. The fraction of sp³-hybridized carbons (Fsp3) is 0.529. The van der Waals surface area contributed by atoms with Gasteiger partial charge in [-0.3, -0.25) is 68.0 Å². The number of hydrogen-bond acceptors (Lipinski definition) is 27.